The molecule has 0 aliphatic carbocycles. The highest BCUT2D eigenvalue weighted by molar-refractivity contribution is 7.89. The number of anilines is 2. The molecule has 0 aliphatic rings. The summed E-state index contributed by atoms with van der Waals surface area (Å²) in [7, 11) is -3.83. The fourth-order valence-electron chi connectivity index (χ4n) is 1.96. The van der Waals surface area contributed by atoms with Crippen LogP contribution >= 0.6 is 12.2 Å². The highest BCUT2D eigenvalue weighted by atomic mass is 32.2. The van der Waals surface area contributed by atoms with Crippen molar-refractivity contribution in [2.24, 2.45) is 5.14 Å². The molecule has 0 heterocycles. The second kappa shape index (κ2) is 6.61. The highest BCUT2D eigenvalue weighted by Gasteiger charge is 2.13. The molecule has 0 saturated heterocycles. The molecule has 0 fully saturated rings. The lowest BCUT2D eigenvalue weighted by Crippen LogP contribution is -2.21. The van der Waals surface area contributed by atoms with E-state index in [1.54, 1.807) is 25.1 Å². The van der Waals surface area contributed by atoms with E-state index in [1.165, 1.54) is 18.2 Å². The van der Waals surface area contributed by atoms with Gasteiger partial charge in [-0.05, 0) is 61.5 Å². The molecule has 0 aromatic heterocycles. The fraction of sp³-hybridized carbons (Fsp3) is 0.133. The van der Waals surface area contributed by atoms with Crippen molar-refractivity contribution in [1.82, 2.24) is 0 Å². The van der Waals surface area contributed by atoms with Crippen LogP contribution in [0.5, 0.6) is 0 Å². The van der Waals surface area contributed by atoms with Crippen molar-refractivity contribution in [3.05, 3.63) is 53.3 Å². The Labute approximate surface area is 139 Å². The first-order valence-electron chi connectivity index (χ1n) is 6.65. The first-order chi connectivity index (χ1) is 10.7. The zero-order valence-electron chi connectivity index (χ0n) is 12.6. The van der Waals surface area contributed by atoms with Gasteiger partial charge in [-0.2, -0.15) is 0 Å². The van der Waals surface area contributed by atoms with Gasteiger partial charge in [-0.25, -0.2) is 17.9 Å². The van der Waals surface area contributed by atoms with Crippen molar-refractivity contribution < 1.29 is 12.8 Å². The quantitative estimate of drug-likeness (QED) is 0.739. The predicted octanol–water partition coefficient (Wildman–Crippen LogP) is 2.90. The van der Waals surface area contributed by atoms with Crippen molar-refractivity contribution in [2.75, 3.05) is 10.6 Å². The molecule has 0 spiro atoms. The molecule has 23 heavy (non-hydrogen) atoms. The van der Waals surface area contributed by atoms with Crippen molar-refractivity contribution in [3.8, 4) is 0 Å². The maximum atomic E-state index is 13.6. The van der Waals surface area contributed by atoms with Gasteiger partial charge in [0, 0.05) is 5.69 Å². The number of halogens is 1. The third-order valence-electron chi connectivity index (χ3n) is 3.34. The van der Waals surface area contributed by atoms with E-state index < -0.39 is 15.8 Å². The molecule has 2 aromatic rings. The molecule has 2 aromatic carbocycles. The number of para-hydroxylation sites is 1. The number of benzene rings is 2. The Morgan fingerprint density at radius 1 is 1.13 bits per heavy atom. The Balaban J connectivity index is 2.28. The average Bonchev–Trinajstić information content (AvgIpc) is 2.45. The summed E-state index contributed by atoms with van der Waals surface area (Å²) in [6.45, 7) is 3.58. The number of aryl methyl sites for hydroxylation is 1. The smallest absolute Gasteiger partial charge is 0.238 e. The second-order valence-electron chi connectivity index (χ2n) is 5.02. The topological polar surface area (TPSA) is 84.2 Å². The maximum Gasteiger partial charge on any atom is 0.238 e. The van der Waals surface area contributed by atoms with E-state index in [0.717, 1.165) is 11.1 Å². The van der Waals surface area contributed by atoms with Crippen LogP contribution in [0.2, 0.25) is 0 Å². The summed E-state index contributed by atoms with van der Waals surface area (Å²) in [5.74, 6) is -0.442. The molecule has 5 nitrogen and oxygen atoms in total. The van der Waals surface area contributed by atoms with Crippen LogP contribution in [0.25, 0.3) is 0 Å². The van der Waals surface area contributed by atoms with Gasteiger partial charge in [-0.1, -0.05) is 12.1 Å². The lowest BCUT2D eigenvalue weighted by atomic mass is 10.1. The van der Waals surface area contributed by atoms with E-state index in [0.29, 0.717) is 5.69 Å². The van der Waals surface area contributed by atoms with E-state index in [1.807, 2.05) is 6.92 Å². The number of nitrogens with one attached hydrogen (secondary N) is 2. The fourth-order valence-corrected chi connectivity index (χ4v) is 2.80. The van der Waals surface area contributed by atoms with Gasteiger partial charge in [0.05, 0.1) is 10.6 Å². The minimum Gasteiger partial charge on any atom is -0.332 e. The Hall–Kier alpha value is -2.03. The third kappa shape index (κ3) is 4.25. The molecule has 0 unspecified atom stereocenters. The Kier molecular flexibility index (Phi) is 4.98. The number of rotatable bonds is 3. The normalized spacial score (nSPS) is 11.1. The van der Waals surface area contributed by atoms with Gasteiger partial charge in [0.1, 0.15) is 5.82 Å². The van der Waals surface area contributed by atoms with Crippen LogP contribution in [-0.4, -0.2) is 13.5 Å². The zero-order chi connectivity index (χ0) is 17.2. The standard InChI is InChI=1S/C15H16FN3O2S2/c1-9-7-11(23(17,20)21)8-14(10(9)2)19-15(22)18-13-6-4-3-5-12(13)16/h3-8H,1-2H3,(H2,17,20,21)(H2,18,19,22). The molecular formula is C15H16FN3O2S2. The summed E-state index contributed by atoms with van der Waals surface area (Å²) < 4.78 is 36.7. The minimum absolute atomic E-state index is 0.0169. The summed E-state index contributed by atoms with van der Waals surface area (Å²) in [6, 6.07) is 8.98. The van der Waals surface area contributed by atoms with Gasteiger partial charge < -0.3 is 10.6 Å². The first-order valence-corrected chi connectivity index (χ1v) is 8.60. The molecule has 0 radical (unpaired) electrons. The van der Waals surface area contributed by atoms with Gasteiger partial charge in [0.15, 0.2) is 5.11 Å². The van der Waals surface area contributed by atoms with Crippen LogP contribution in [0.4, 0.5) is 15.8 Å². The van der Waals surface area contributed by atoms with Gasteiger partial charge in [0.25, 0.3) is 0 Å². The van der Waals surface area contributed by atoms with Crippen LogP contribution in [0.1, 0.15) is 11.1 Å². The lowest BCUT2D eigenvalue weighted by molar-refractivity contribution is 0.597. The molecule has 0 bridgehead atoms. The van der Waals surface area contributed by atoms with E-state index in [-0.39, 0.29) is 15.7 Å². The molecule has 8 heteroatoms. The molecule has 0 saturated carbocycles. The summed E-state index contributed by atoms with van der Waals surface area (Å²) >= 11 is 5.15. The summed E-state index contributed by atoms with van der Waals surface area (Å²) in [6.07, 6.45) is 0. The van der Waals surface area contributed by atoms with Gasteiger partial charge in [-0.3, -0.25) is 0 Å². The first kappa shape index (κ1) is 17.3. The molecule has 122 valence electrons. The number of hydrogen-bond donors (Lipinski definition) is 3. The third-order valence-corrected chi connectivity index (χ3v) is 4.44. The molecule has 0 amide bonds. The number of thiocarbonyl (C=S) groups is 1. The minimum atomic E-state index is -3.83. The summed E-state index contributed by atoms with van der Waals surface area (Å²) in [5.41, 5.74) is 2.27. The summed E-state index contributed by atoms with van der Waals surface area (Å²) in [4.78, 5) is -0.0169. The number of sulfonamides is 1. The molecule has 4 N–H and O–H groups in total. The molecular weight excluding hydrogens is 337 g/mol. The molecule has 0 aliphatic heterocycles. The molecule has 0 atom stereocenters. The number of nitrogens with two attached hydrogens (primary N) is 1. The monoisotopic (exact) mass is 353 g/mol. The van der Waals surface area contributed by atoms with Crippen LogP contribution in [0.3, 0.4) is 0 Å². The Morgan fingerprint density at radius 3 is 2.35 bits per heavy atom. The highest BCUT2D eigenvalue weighted by Crippen LogP contribution is 2.24. The Bertz CT molecular complexity index is 867. The van der Waals surface area contributed by atoms with Gasteiger partial charge >= 0.3 is 0 Å². The SMILES string of the molecule is Cc1cc(S(N)(=O)=O)cc(NC(=S)Nc2ccccc2F)c1C. The van der Waals surface area contributed by atoms with Crippen LogP contribution in [0, 0.1) is 19.7 Å². The maximum absolute atomic E-state index is 13.6. The Morgan fingerprint density at radius 2 is 1.74 bits per heavy atom. The lowest BCUT2D eigenvalue weighted by Gasteiger charge is -2.15. The predicted molar refractivity (Wildman–Crippen MR) is 93.5 cm³/mol. The number of primary sulfonamides is 1. The van der Waals surface area contributed by atoms with Crippen molar-refractivity contribution >= 4 is 38.7 Å². The van der Waals surface area contributed by atoms with Gasteiger partial charge in [-0.15, -0.1) is 0 Å². The average molecular weight is 353 g/mol. The largest absolute Gasteiger partial charge is 0.332 e. The molecule has 2 rings (SSSR count). The van der Waals surface area contributed by atoms with E-state index in [2.05, 4.69) is 10.6 Å². The number of hydrogen-bond acceptors (Lipinski definition) is 3. The summed E-state index contributed by atoms with van der Waals surface area (Å²) in [5, 5.41) is 10.9. The van der Waals surface area contributed by atoms with Crippen molar-refractivity contribution in [2.45, 2.75) is 18.7 Å². The van der Waals surface area contributed by atoms with Crippen LogP contribution in [-0.2, 0) is 10.0 Å². The van der Waals surface area contributed by atoms with Crippen molar-refractivity contribution in [1.29, 1.82) is 0 Å². The second-order valence-corrected chi connectivity index (χ2v) is 6.99. The van der Waals surface area contributed by atoms with Gasteiger partial charge in [0.2, 0.25) is 10.0 Å². The van der Waals surface area contributed by atoms with E-state index in [4.69, 9.17) is 17.4 Å². The van der Waals surface area contributed by atoms with Crippen molar-refractivity contribution in [3.63, 3.8) is 0 Å². The van der Waals surface area contributed by atoms with E-state index >= 15 is 0 Å². The van der Waals surface area contributed by atoms with Crippen LogP contribution in [0.15, 0.2) is 41.3 Å². The van der Waals surface area contributed by atoms with E-state index in [9.17, 15) is 12.8 Å². The van der Waals surface area contributed by atoms with Crippen LogP contribution < -0.4 is 15.8 Å². The zero-order valence-corrected chi connectivity index (χ0v) is 14.2.